The first-order valence-corrected chi connectivity index (χ1v) is 7.35. The number of ether oxygens (including phenoxy) is 1. The summed E-state index contributed by atoms with van der Waals surface area (Å²) >= 11 is 0. The van der Waals surface area contributed by atoms with Gasteiger partial charge in [0.05, 0.1) is 12.1 Å². The number of hydrogen-bond acceptors (Lipinski definition) is 4. The topological polar surface area (TPSA) is 67.6 Å². The molecule has 0 aromatic heterocycles. The van der Waals surface area contributed by atoms with Crippen molar-refractivity contribution in [2.24, 2.45) is 11.1 Å². The Kier molecular flexibility index (Phi) is 4.81. The second kappa shape index (κ2) is 6.20. The molecule has 2 saturated heterocycles. The molecule has 0 aromatic rings. The van der Waals surface area contributed by atoms with Crippen LogP contribution in [0.2, 0.25) is 0 Å². The van der Waals surface area contributed by atoms with Crippen molar-refractivity contribution in [3.8, 4) is 0 Å². The third-order valence-electron chi connectivity index (χ3n) is 4.02. The van der Waals surface area contributed by atoms with Crippen LogP contribution in [0.25, 0.3) is 0 Å². The number of rotatable bonds is 4. The van der Waals surface area contributed by atoms with Crippen LogP contribution >= 0.6 is 0 Å². The lowest BCUT2D eigenvalue weighted by Gasteiger charge is -2.34. The van der Waals surface area contributed by atoms with Crippen LogP contribution in [0.5, 0.6) is 0 Å². The average Bonchev–Trinajstić information content (AvgIpc) is 2.81. The van der Waals surface area contributed by atoms with Crippen molar-refractivity contribution in [1.82, 2.24) is 10.2 Å². The van der Waals surface area contributed by atoms with E-state index in [0.717, 1.165) is 39.1 Å². The van der Waals surface area contributed by atoms with E-state index in [-0.39, 0.29) is 23.5 Å². The summed E-state index contributed by atoms with van der Waals surface area (Å²) in [4.78, 5) is 14.5. The zero-order chi connectivity index (χ0) is 13.9. The van der Waals surface area contributed by atoms with E-state index in [1.165, 1.54) is 0 Å². The van der Waals surface area contributed by atoms with Crippen molar-refractivity contribution in [2.45, 2.75) is 45.3 Å². The fraction of sp³-hybridized carbons (Fsp3) is 0.929. The molecule has 110 valence electrons. The van der Waals surface area contributed by atoms with E-state index in [1.54, 1.807) is 0 Å². The lowest BCUT2D eigenvalue weighted by atomic mass is 9.93. The van der Waals surface area contributed by atoms with Crippen LogP contribution in [0.4, 0.5) is 0 Å². The minimum atomic E-state index is -0.101. The van der Waals surface area contributed by atoms with Crippen molar-refractivity contribution in [1.29, 1.82) is 0 Å². The Morgan fingerprint density at radius 2 is 2.32 bits per heavy atom. The first-order valence-electron chi connectivity index (χ1n) is 7.35. The van der Waals surface area contributed by atoms with E-state index in [2.05, 4.69) is 24.1 Å². The molecule has 0 aromatic carbocycles. The van der Waals surface area contributed by atoms with Crippen molar-refractivity contribution < 1.29 is 9.53 Å². The number of nitrogens with zero attached hydrogens (tertiary/aromatic N) is 1. The summed E-state index contributed by atoms with van der Waals surface area (Å²) in [6.45, 7) is 8.28. The minimum absolute atomic E-state index is 0.0949. The molecule has 2 fully saturated rings. The van der Waals surface area contributed by atoms with E-state index in [4.69, 9.17) is 10.5 Å². The van der Waals surface area contributed by atoms with E-state index in [0.29, 0.717) is 13.0 Å². The van der Waals surface area contributed by atoms with Crippen LogP contribution in [-0.4, -0.2) is 55.7 Å². The quantitative estimate of drug-likeness (QED) is 0.772. The number of amides is 1. The summed E-state index contributed by atoms with van der Waals surface area (Å²) in [5.74, 6) is 0.119. The summed E-state index contributed by atoms with van der Waals surface area (Å²) in [6.07, 6.45) is 3.24. The fourth-order valence-electron chi connectivity index (χ4n) is 3.04. The maximum atomic E-state index is 12.2. The number of carbonyl (C=O) groups is 1. The largest absolute Gasteiger partial charge is 0.377 e. The van der Waals surface area contributed by atoms with Crippen LogP contribution in [0.3, 0.4) is 0 Å². The van der Waals surface area contributed by atoms with Gasteiger partial charge in [0.25, 0.3) is 0 Å². The summed E-state index contributed by atoms with van der Waals surface area (Å²) in [7, 11) is 0. The van der Waals surface area contributed by atoms with Gasteiger partial charge in [0, 0.05) is 26.2 Å². The van der Waals surface area contributed by atoms with E-state index < -0.39 is 0 Å². The third-order valence-corrected chi connectivity index (χ3v) is 4.02. The van der Waals surface area contributed by atoms with Crippen molar-refractivity contribution in [3.05, 3.63) is 0 Å². The predicted molar refractivity (Wildman–Crippen MR) is 74.8 cm³/mol. The molecule has 19 heavy (non-hydrogen) atoms. The van der Waals surface area contributed by atoms with Crippen LogP contribution in [-0.2, 0) is 9.53 Å². The zero-order valence-electron chi connectivity index (χ0n) is 12.2. The van der Waals surface area contributed by atoms with Gasteiger partial charge in [-0.1, -0.05) is 13.8 Å². The number of nitrogens with one attached hydrogen (secondary N) is 1. The van der Waals surface area contributed by atoms with Gasteiger partial charge >= 0.3 is 0 Å². The SMILES string of the molecule is CC1(C)CNC(=O)C(CCN)N(CC2CCCO2)C1. The summed E-state index contributed by atoms with van der Waals surface area (Å²) in [5.41, 5.74) is 5.77. The van der Waals surface area contributed by atoms with Crippen molar-refractivity contribution in [3.63, 3.8) is 0 Å². The standard InChI is InChI=1S/C14H27N3O2/c1-14(2)9-16-13(18)12(5-6-15)17(10-14)8-11-4-3-7-19-11/h11-12H,3-10,15H2,1-2H3,(H,16,18). The van der Waals surface area contributed by atoms with Gasteiger partial charge in [-0.25, -0.2) is 0 Å². The molecule has 5 heteroatoms. The second-order valence-corrected chi connectivity index (χ2v) is 6.54. The normalized spacial score (nSPS) is 32.1. The Hall–Kier alpha value is -0.650. The Morgan fingerprint density at radius 1 is 1.53 bits per heavy atom. The Morgan fingerprint density at radius 3 is 2.95 bits per heavy atom. The van der Waals surface area contributed by atoms with Gasteiger partial charge in [0.15, 0.2) is 0 Å². The summed E-state index contributed by atoms with van der Waals surface area (Å²) in [5, 5.41) is 3.05. The molecule has 1 amide bonds. The zero-order valence-corrected chi connectivity index (χ0v) is 12.2. The lowest BCUT2D eigenvalue weighted by Crippen LogP contribution is -2.48. The highest BCUT2D eigenvalue weighted by atomic mass is 16.5. The van der Waals surface area contributed by atoms with Gasteiger partial charge in [0.2, 0.25) is 5.91 Å². The van der Waals surface area contributed by atoms with Crippen LogP contribution in [0, 0.1) is 5.41 Å². The molecule has 2 heterocycles. The fourth-order valence-corrected chi connectivity index (χ4v) is 3.04. The van der Waals surface area contributed by atoms with Crippen LogP contribution < -0.4 is 11.1 Å². The first-order chi connectivity index (χ1) is 9.02. The molecular weight excluding hydrogens is 242 g/mol. The van der Waals surface area contributed by atoms with Crippen LogP contribution in [0.15, 0.2) is 0 Å². The summed E-state index contributed by atoms with van der Waals surface area (Å²) in [6, 6.07) is -0.101. The molecule has 0 aliphatic carbocycles. The van der Waals surface area contributed by atoms with Gasteiger partial charge in [-0.05, 0) is 31.2 Å². The van der Waals surface area contributed by atoms with Gasteiger partial charge in [-0.15, -0.1) is 0 Å². The maximum Gasteiger partial charge on any atom is 0.237 e. The smallest absolute Gasteiger partial charge is 0.237 e. The minimum Gasteiger partial charge on any atom is -0.377 e. The van der Waals surface area contributed by atoms with Crippen molar-refractivity contribution in [2.75, 3.05) is 32.8 Å². The number of hydrogen-bond donors (Lipinski definition) is 2. The highest BCUT2D eigenvalue weighted by molar-refractivity contribution is 5.82. The highest BCUT2D eigenvalue weighted by Gasteiger charge is 2.36. The van der Waals surface area contributed by atoms with E-state index >= 15 is 0 Å². The van der Waals surface area contributed by atoms with E-state index in [9.17, 15) is 4.79 Å². The Labute approximate surface area is 115 Å². The molecule has 2 aliphatic heterocycles. The maximum absolute atomic E-state index is 12.2. The monoisotopic (exact) mass is 269 g/mol. The highest BCUT2D eigenvalue weighted by Crippen LogP contribution is 2.24. The van der Waals surface area contributed by atoms with Gasteiger partial charge in [-0.3, -0.25) is 9.69 Å². The van der Waals surface area contributed by atoms with Crippen molar-refractivity contribution >= 4 is 5.91 Å². The van der Waals surface area contributed by atoms with Gasteiger partial charge in [0.1, 0.15) is 0 Å². The molecule has 2 atom stereocenters. The molecule has 5 nitrogen and oxygen atoms in total. The second-order valence-electron chi connectivity index (χ2n) is 6.54. The molecule has 2 unspecified atom stereocenters. The molecule has 3 N–H and O–H groups in total. The summed E-state index contributed by atoms with van der Waals surface area (Å²) < 4.78 is 5.72. The Balaban J connectivity index is 2.08. The first kappa shape index (κ1) is 14.8. The molecule has 0 spiro atoms. The molecule has 2 rings (SSSR count). The average molecular weight is 269 g/mol. The molecule has 0 saturated carbocycles. The molecule has 0 radical (unpaired) electrons. The molecule has 2 aliphatic rings. The van der Waals surface area contributed by atoms with Crippen LogP contribution in [0.1, 0.15) is 33.1 Å². The predicted octanol–water partition coefficient (Wildman–Crippen LogP) is 0.341. The Bertz CT molecular complexity index is 314. The van der Waals surface area contributed by atoms with E-state index in [1.807, 2.05) is 0 Å². The van der Waals surface area contributed by atoms with Gasteiger partial charge in [-0.2, -0.15) is 0 Å². The third kappa shape index (κ3) is 3.91. The van der Waals surface area contributed by atoms with Gasteiger partial charge < -0.3 is 15.8 Å². The molecule has 0 bridgehead atoms. The number of carbonyl (C=O) groups excluding carboxylic acids is 1. The lowest BCUT2D eigenvalue weighted by molar-refractivity contribution is -0.126. The molecular formula is C14H27N3O2. The number of nitrogens with two attached hydrogens (primary N) is 1.